The third-order valence-corrected chi connectivity index (χ3v) is 2.09. The molecule has 0 saturated heterocycles. The van der Waals surface area contributed by atoms with Gasteiger partial charge in [0.1, 0.15) is 0 Å². The summed E-state index contributed by atoms with van der Waals surface area (Å²) >= 11 is 0. The Bertz CT molecular complexity index is 474. The SMILES string of the molecule is CNC(=O)[C@H](CC#Cc1ccccc1)OC(N)=O. The third-order valence-electron chi connectivity index (χ3n) is 2.09. The maximum absolute atomic E-state index is 11.4. The highest BCUT2D eigenvalue weighted by Gasteiger charge is 2.19. The van der Waals surface area contributed by atoms with Crippen LogP contribution in [0, 0.1) is 11.8 Å². The number of primary amides is 1. The molecule has 0 saturated carbocycles. The van der Waals surface area contributed by atoms with Crippen molar-refractivity contribution in [2.24, 2.45) is 5.73 Å². The van der Waals surface area contributed by atoms with Gasteiger partial charge in [0.2, 0.25) is 0 Å². The van der Waals surface area contributed by atoms with Gasteiger partial charge in [0.05, 0.1) is 6.42 Å². The zero-order valence-corrected chi connectivity index (χ0v) is 9.97. The smallest absolute Gasteiger partial charge is 0.405 e. The molecule has 1 rings (SSSR count). The van der Waals surface area contributed by atoms with E-state index >= 15 is 0 Å². The first-order valence-corrected chi connectivity index (χ1v) is 5.35. The number of hydrogen-bond acceptors (Lipinski definition) is 3. The Balaban J connectivity index is 2.65. The minimum absolute atomic E-state index is 0.0947. The second-order valence-electron chi connectivity index (χ2n) is 3.41. The maximum Gasteiger partial charge on any atom is 0.405 e. The van der Waals surface area contributed by atoms with Gasteiger partial charge in [-0.1, -0.05) is 30.0 Å². The molecule has 3 N–H and O–H groups in total. The van der Waals surface area contributed by atoms with E-state index in [0.717, 1.165) is 5.56 Å². The van der Waals surface area contributed by atoms with Gasteiger partial charge in [-0.3, -0.25) is 4.79 Å². The number of ether oxygens (including phenoxy) is 1. The van der Waals surface area contributed by atoms with Gasteiger partial charge < -0.3 is 15.8 Å². The van der Waals surface area contributed by atoms with Crippen LogP contribution in [0.1, 0.15) is 12.0 Å². The molecule has 1 aromatic rings. The van der Waals surface area contributed by atoms with Crippen LogP contribution in [0.5, 0.6) is 0 Å². The Morgan fingerprint density at radius 1 is 1.39 bits per heavy atom. The lowest BCUT2D eigenvalue weighted by atomic mass is 10.2. The van der Waals surface area contributed by atoms with E-state index in [0.29, 0.717) is 0 Å². The number of carbonyl (C=O) groups is 2. The summed E-state index contributed by atoms with van der Waals surface area (Å²) in [5, 5.41) is 2.38. The molecule has 0 bridgehead atoms. The Morgan fingerprint density at radius 2 is 2.06 bits per heavy atom. The van der Waals surface area contributed by atoms with Crippen molar-refractivity contribution in [2.75, 3.05) is 7.05 Å². The predicted molar refractivity (Wildman–Crippen MR) is 66.5 cm³/mol. The highest BCUT2D eigenvalue weighted by Crippen LogP contribution is 2.00. The number of amides is 2. The van der Waals surface area contributed by atoms with Gasteiger partial charge in [-0.05, 0) is 12.1 Å². The molecule has 94 valence electrons. The van der Waals surface area contributed by atoms with Crippen molar-refractivity contribution in [3.05, 3.63) is 35.9 Å². The zero-order chi connectivity index (χ0) is 13.4. The van der Waals surface area contributed by atoms with E-state index in [9.17, 15) is 9.59 Å². The van der Waals surface area contributed by atoms with Crippen LogP contribution in [0.15, 0.2) is 30.3 Å². The van der Waals surface area contributed by atoms with E-state index in [2.05, 4.69) is 21.9 Å². The molecule has 0 unspecified atom stereocenters. The summed E-state index contributed by atoms with van der Waals surface area (Å²) in [5.74, 6) is 5.21. The number of rotatable bonds is 3. The molecule has 0 aliphatic carbocycles. The Labute approximate surface area is 105 Å². The second kappa shape index (κ2) is 6.97. The average Bonchev–Trinajstić information content (AvgIpc) is 2.37. The molecule has 1 aromatic carbocycles. The zero-order valence-electron chi connectivity index (χ0n) is 9.97. The van der Waals surface area contributed by atoms with E-state index in [4.69, 9.17) is 5.73 Å². The molecule has 2 amide bonds. The normalized spacial score (nSPS) is 10.7. The minimum atomic E-state index is -0.995. The molecule has 5 heteroatoms. The van der Waals surface area contributed by atoms with Gasteiger partial charge in [0.25, 0.3) is 5.91 Å². The monoisotopic (exact) mass is 246 g/mol. The van der Waals surface area contributed by atoms with E-state index in [1.165, 1.54) is 7.05 Å². The van der Waals surface area contributed by atoms with Crippen molar-refractivity contribution in [1.82, 2.24) is 5.32 Å². The Morgan fingerprint density at radius 3 is 2.61 bits per heavy atom. The molecule has 0 aromatic heterocycles. The van der Waals surface area contributed by atoms with Crippen LogP contribution >= 0.6 is 0 Å². The minimum Gasteiger partial charge on any atom is -0.435 e. The summed E-state index contributed by atoms with van der Waals surface area (Å²) < 4.78 is 4.67. The predicted octanol–water partition coefficient (Wildman–Crippen LogP) is 0.638. The number of hydrogen-bond donors (Lipinski definition) is 2. The topological polar surface area (TPSA) is 81.4 Å². The van der Waals surface area contributed by atoms with Crippen LogP contribution < -0.4 is 11.1 Å². The lowest BCUT2D eigenvalue weighted by molar-refractivity contribution is -0.128. The van der Waals surface area contributed by atoms with Gasteiger partial charge in [0.15, 0.2) is 6.10 Å². The molecule has 1 atom stereocenters. The van der Waals surface area contributed by atoms with E-state index in [1.807, 2.05) is 30.3 Å². The second-order valence-corrected chi connectivity index (χ2v) is 3.41. The number of likely N-dealkylation sites (N-methyl/N-ethyl adjacent to an activating group) is 1. The highest BCUT2D eigenvalue weighted by molar-refractivity contribution is 5.83. The standard InChI is InChI=1S/C13H14N2O3/c1-15-12(16)11(18-13(14)17)9-5-8-10-6-3-2-4-7-10/h2-4,6-7,11H,9H2,1H3,(H2,14,17)(H,15,16)/t11-/m0/s1. The molecule has 18 heavy (non-hydrogen) atoms. The Kier molecular flexibility index (Phi) is 5.26. The van der Waals surface area contributed by atoms with E-state index in [1.54, 1.807) is 0 Å². The molecule has 0 spiro atoms. The van der Waals surface area contributed by atoms with E-state index < -0.39 is 18.1 Å². The highest BCUT2D eigenvalue weighted by atomic mass is 16.6. The van der Waals surface area contributed by atoms with Crippen LogP contribution in [0.3, 0.4) is 0 Å². The summed E-state index contributed by atoms with van der Waals surface area (Å²) in [7, 11) is 1.45. The fraction of sp³-hybridized carbons (Fsp3) is 0.231. The quantitative estimate of drug-likeness (QED) is 0.768. The summed E-state index contributed by atoms with van der Waals surface area (Å²) in [6.45, 7) is 0. The summed E-state index contributed by atoms with van der Waals surface area (Å²) in [5.41, 5.74) is 5.71. The fourth-order valence-electron chi connectivity index (χ4n) is 1.26. The first-order chi connectivity index (χ1) is 8.63. The number of benzene rings is 1. The molecule has 0 radical (unpaired) electrons. The molecule has 0 aliphatic rings. The van der Waals surface area contributed by atoms with Crippen molar-refractivity contribution in [1.29, 1.82) is 0 Å². The van der Waals surface area contributed by atoms with Crippen molar-refractivity contribution in [3.63, 3.8) is 0 Å². The van der Waals surface area contributed by atoms with Crippen LogP contribution in [0.2, 0.25) is 0 Å². The number of nitrogens with one attached hydrogen (secondary N) is 1. The first kappa shape index (κ1) is 13.6. The maximum atomic E-state index is 11.4. The first-order valence-electron chi connectivity index (χ1n) is 5.35. The summed E-state index contributed by atoms with van der Waals surface area (Å²) in [4.78, 5) is 22.0. The van der Waals surface area contributed by atoms with Gasteiger partial charge in [-0.2, -0.15) is 0 Å². The van der Waals surface area contributed by atoms with Gasteiger partial charge >= 0.3 is 6.09 Å². The largest absolute Gasteiger partial charge is 0.435 e. The summed E-state index contributed by atoms with van der Waals surface area (Å²) in [6.07, 6.45) is -1.88. The van der Waals surface area contributed by atoms with Gasteiger partial charge in [0, 0.05) is 12.6 Å². The van der Waals surface area contributed by atoms with E-state index in [-0.39, 0.29) is 6.42 Å². The molecule has 5 nitrogen and oxygen atoms in total. The summed E-state index contributed by atoms with van der Waals surface area (Å²) in [6, 6.07) is 9.29. The lowest BCUT2D eigenvalue weighted by Gasteiger charge is -2.11. The average molecular weight is 246 g/mol. The molecular formula is C13H14N2O3. The fourth-order valence-corrected chi connectivity index (χ4v) is 1.26. The Hall–Kier alpha value is -2.48. The third kappa shape index (κ3) is 4.58. The molecular weight excluding hydrogens is 232 g/mol. The molecule has 0 aliphatic heterocycles. The van der Waals surface area contributed by atoms with Crippen LogP contribution in [-0.4, -0.2) is 25.2 Å². The number of nitrogens with two attached hydrogens (primary N) is 1. The van der Waals surface area contributed by atoms with Crippen molar-refractivity contribution in [2.45, 2.75) is 12.5 Å². The molecule has 0 heterocycles. The van der Waals surface area contributed by atoms with Gasteiger partial charge in [-0.15, -0.1) is 0 Å². The van der Waals surface area contributed by atoms with Crippen LogP contribution in [0.4, 0.5) is 4.79 Å². The van der Waals surface area contributed by atoms with Crippen LogP contribution in [0.25, 0.3) is 0 Å². The van der Waals surface area contributed by atoms with Crippen LogP contribution in [-0.2, 0) is 9.53 Å². The lowest BCUT2D eigenvalue weighted by Crippen LogP contribution is -2.36. The van der Waals surface area contributed by atoms with Crippen molar-refractivity contribution < 1.29 is 14.3 Å². The molecule has 0 fully saturated rings. The van der Waals surface area contributed by atoms with Crippen molar-refractivity contribution >= 4 is 12.0 Å². The van der Waals surface area contributed by atoms with Gasteiger partial charge in [-0.25, -0.2) is 4.79 Å². The van der Waals surface area contributed by atoms with Crippen molar-refractivity contribution in [3.8, 4) is 11.8 Å². The number of carbonyl (C=O) groups excluding carboxylic acids is 2.